The number of nitrogens with zero attached hydrogens (tertiary/aromatic N) is 3. The number of rotatable bonds is 4. The predicted molar refractivity (Wildman–Crippen MR) is 63.3 cm³/mol. The second-order valence-corrected chi connectivity index (χ2v) is 4.21. The van der Waals surface area contributed by atoms with Crippen LogP contribution in [0.2, 0.25) is 5.02 Å². The quantitative estimate of drug-likeness (QED) is 0.904. The van der Waals surface area contributed by atoms with Gasteiger partial charge in [-0.2, -0.15) is 5.10 Å². The molecule has 0 aliphatic rings. The van der Waals surface area contributed by atoms with Crippen LogP contribution in [0.25, 0.3) is 0 Å². The summed E-state index contributed by atoms with van der Waals surface area (Å²) in [4.78, 5) is 11.0. The van der Waals surface area contributed by atoms with E-state index in [9.17, 15) is 4.79 Å². The molecule has 5 nitrogen and oxygen atoms in total. The fourth-order valence-electron chi connectivity index (χ4n) is 1.67. The molecule has 2 aromatic heterocycles. The molecule has 0 aromatic carbocycles. The summed E-state index contributed by atoms with van der Waals surface area (Å²) in [6.07, 6.45) is 4.15. The molecule has 2 heterocycles. The summed E-state index contributed by atoms with van der Waals surface area (Å²) in [7, 11) is 1.85. The minimum atomic E-state index is -0.974. The molecule has 0 unspecified atom stereocenters. The average molecular weight is 254 g/mol. The van der Waals surface area contributed by atoms with Crippen LogP contribution in [0.3, 0.4) is 0 Å². The molecular weight excluding hydrogens is 242 g/mol. The number of hydrogen-bond donors (Lipinski definition) is 1. The van der Waals surface area contributed by atoms with Crippen molar-refractivity contribution in [3.8, 4) is 0 Å². The highest BCUT2D eigenvalue weighted by molar-refractivity contribution is 6.30. The van der Waals surface area contributed by atoms with Gasteiger partial charge in [-0.05, 0) is 12.1 Å². The maximum Gasteiger partial charge on any atom is 0.352 e. The molecule has 0 aliphatic carbocycles. The van der Waals surface area contributed by atoms with Gasteiger partial charge in [0, 0.05) is 32.4 Å². The smallest absolute Gasteiger partial charge is 0.352 e. The summed E-state index contributed by atoms with van der Waals surface area (Å²) in [5.74, 6) is -0.974. The predicted octanol–water partition coefficient (Wildman–Crippen LogP) is 1.82. The van der Waals surface area contributed by atoms with Crippen molar-refractivity contribution in [2.24, 2.45) is 7.05 Å². The van der Waals surface area contributed by atoms with E-state index in [1.54, 1.807) is 15.4 Å². The van der Waals surface area contributed by atoms with Gasteiger partial charge in [-0.1, -0.05) is 11.6 Å². The van der Waals surface area contributed by atoms with Crippen molar-refractivity contribution in [1.29, 1.82) is 0 Å². The van der Waals surface area contributed by atoms with Crippen molar-refractivity contribution in [2.75, 3.05) is 0 Å². The van der Waals surface area contributed by atoms with E-state index in [0.717, 1.165) is 5.69 Å². The van der Waals surface area contributed by atoms with Gasteiger partial charge in [0.05, 0.1) is 10.7 Å². The van der Waals surface area contributed by atoms with Gasteiger partial charge in [-0.3, -0.25) is 4.68 Å². The standard InChI is InChI=1S/C11H12ClN3O2/c1-14-4-2-9(13-14)3-5-15-7-8(12)6-10(15)11(16)17/h2,4,6-7H,3,5H2,1H3,(H,16,17). The molecule has 0 bridgehead atoms. The number of aryl methyl sites for hydroxylation is 3. The van der Waals surface area contributed by atoms with Gasteiger partial charge in [0.2, 0.25) is 0 Å². The average Bonchev–Trinajstić information content (AvgIpc) is 2.82. The molecule has 0 fully saturated rings. The summed E-state index contributed by atoms with van der Waals surface area (Å²) in [5, 5.41) is 13.6. The van der Waals surface area contributed by atoms with Crippen LogP contribution in [0.15, 0.2) is 24.5 Å². The molecule has 2 aromatic rings. The van der Waals surface area contributed by atoms with E-state index in [0.29, 0.717) is 18.0 Å². The van der Waals surface area contributed by atoms with Crippen LogP contribution in [-0.4, -0.2) is 25.4 Å². The Labute approximate surface area is 103 Å². The lowest BCUT2D eigenvalue weighted by molar-refractivity contribution is 0.0685. The van der Waals surface area contributed by atoms with E-state index in [1.807, 2.05) is 19.3 Å². The van der Waals surface area contributed by atoms with Gasteiger partial charge < -0.3 is 9.67 Å². The zero-order valence-electron chi connectivity index (χ0n) is 9.30. The van der Waals surface area contributed by atoms with Crippen molar-refractivity contribution in [3.05, 3.63) is 40.9 Å². The molecule has 6 heteroatoms. The van der Waals surface area contributed by atoms with Gasteiger partial charge in [-0.25, -0.2) is 4.79 Å². The van der Waals surface area contributed by atoms with E-state index in [-0.39, 0.29) is 5.69 Å². The number of aromatic nitrogens is 3. The monoisotopic (exact) mass is 253 g/mol. The van der Waals surface area contributed by atoms with E-state index in [4.69, 9.17) is 16.7 Å². The number of aromatic carboxylic acids is 1. The maximum atomic E-state index is 11.0. The zero-order chi connectivity index (χ0) is 12.4. The Kier molecular flexibility index (Phi) is 3.19. The Hall–Kier alpha value is -1.75. The van der Waals surface area contributed by atoms with Crippen LogP contribution >= 0.6 is 11.6 Å². The van der Waals surface area contributed by atoms with Crippen LogP contribution < -0.4 is 0 Å². The Morgan fingerprint density at radius 3 is 2.94 bits per heavy atom. The summed E-state index contributed by atoms with van der Waals surface area (Å²) in [5.41, 5.74) is 1.12. The minimum absolute atomic E-state index is 0.200. The van der Waals surface area contributed by atoms with Crippen molar-refractivity contribution >= 4 is 17.6 Å². The van der Waals surface area contributed by atoms with Crippen molar-refractivity contribution in [1.82, 2.24) is 14.3 Å². The highest BCUT2D eigenvalue weighted by atomic mass is 35.5. The lowest BCUT2D eigenvalue weighted by atomic mass is 10.3. The SMILES string of the molecule is Cn1ccc(CCn2cc(Cl)cc2C(=O)O)n1. The second kappa shape index (κ2) is 4.63. The van der Waals surface area contributed by atoms with Crippen LogP contribution in [0, 0.1) is 0 Å². The molecule has 1 N–H and O–H groups in total. The molecule has 17 heavy (non-hydrogen) atoms. The number of carboxylic acid groups (broad SMARTS) is 1. The third kappa shape index (κ3) is 2.68. The number of hydrogen-bond acceptors (Lipinski definition) is 2. The second-order valence-electron chi connectivity index (χ2n) is 3.77. The Bertz CT molecular complexity index is 545. The first-order valence-corrected chi connectivity index (χ1v) is 5.51. The minimum Gasteiger partial charge on any atom is -0.477 e. The Balaban J connectivity index is 2.11. The van der Waals surface area contributed by atoms with Gasteiger partial charge in [-0.15, -0.1) is 0 Å². The number of carboxylic acids is 1. The molecule has 0 spiro atoms. The first-order valence-electron chi connectivity index (χ1n) is 5.14. The van der Waals surface area contributed by atoms with Crippen LogP contribution in [-0.2, 0) is 20.0 Å². The van der Waals surface area contributed by atoms with Gasteiger partial charge in [0.25, 0.3) is 0 Å². The summed E-state index contributed by atoms with van der Waals surface area (Å²) < 4.78 is 3.34. The molecule has 0 atom stereocenters. The Morgan fingerprint density at radius 1 is 1.59 bits per heavy atom. The van der Waals surface area contributed by atoms with Crippen LogP contribution in [0.4, 0.5) is 0 Å². The molecular formula is C11H12ClN3O2. The summed E-state index contributed by atoms with van der Waals surface area (Å²) in [6, 6.07) is 3.36. The number of halogens is 1. The number of carbonyl (C=O) groups is 1. The molecule has 0 radical (unpaired) electrons. The summed E-state index contributed by atoms with van der Waals surface area (Å²) in [6.45, 7) is 0.547. The molecule has 0 amide bonds. The van der Waals surface area contributed by atoms with Gasteiger partial charge in [0.1, 0.15) is 5.69 Å². The molecule has 0 aliphatic heterocycles. The van der Waals surface area contributed by atoms with Gasteiger partial charge >= 0.3 is 5.97 Å². The van der Waals surface area contributed by atoms with Crippen molar-refractivity contribution in [3.63, 3.8) is 0 Å². The topological polar surface area (TPSA) is 60.0 Å². The van der Waals surface area contributed by atoms with E-state index in [1.165, 1.54) is 6.07 Å². The normalized spacial score (nSPS) is 10.7. The molecule has 0 saturated carbocycles. The third-order valence-corrected chi connectivity index (χ3v) is 2.67. The molecule has 90 valence electrons. The fraction of sp³-hybridized carbons (Fsp3) is 0.273. The fourth-order valence-corrected chi connectivity index (χ4v) is 1.89. The Morgan fingerprint density at radius 2 is 2.35 bits per heavy atom. The van der Waals surface area contributed by atoms with Gasteiger partial charge in [0.15, 0.2) is 0 Å². The van der Waals surface area contributed by atoms with Crippen molar-refractivity contribution < 1.29 is 9.90 Å². The maximum absolute atomic E-state index is 11.0. The lowest BCUT2D eigenvalue weighted by Crippen LogP contribution is -2.09. The van der Waals surface area contributed by atoms with Crippen LogP contribution in [0.5, 0.6) is 0 Å². The first-order chi connectivity index (χ1) is 8.06. The van der Waals surface area contributed by atoms with E-state index in [2.05, 4.69) is 5.10 Å². The van der Waals surface area contributed by atoms with Crippen molar-refractivity contribution in [2.45, 2.75) is 13.0 Å². The van der Waals surface area contributed by atoms with Crippen LogP contribution in [0.1, 0.15) is 16.2 Å². The molecule has 2 rings (SSSR count). The summed E-state index contributed by atoms with van der Waals surface area (Å²) >= 11 is 5.79. The lowest BCUT2D eigenvalue weighted by Gasteiger charge is -2.04. The molecule has 0 saturated heterocycles. The third-order valence-electron chi connectivity index (χ3n) is 2.46. The van der Waals surface area contributed by atoms with E-state index < -0.39 is 5.97 Å². The van der Waals surface area contributed by atoms with E-state index >= 15 is 0 Å². The largest absolute Gasteiger partial charge is 0.477 e. The highest BCUT2D eigenvalue weighted by Gasteiger charge is 2.11. The first kappa shape index (κ1) is 11.7. The zero-order valence-corrected chi connectivity index (χ0v) is 10.1. The highest BCUT2D eigenvalue weighted by Crippen LogP contribution is 2.14.